The molecular weight excluding hydrogens is 304 g/mol. The molecule has 0 aliphatic rings. The maximum Gasteiger partial charge on any atom is 0.343 e. The number of benzene rings is 1. The number of esters is 1. The van der Waals surface area contributed by atoms with Crippen LogP contribution in [0.4, 0.5) is 5.00 Å². The fourth-order valence-corrected chi connectivity index (χ4v) is 3.30. The van der Waals surface area contributed by atoms with Gasteiger partial charge in [0.15, 0.2) is 0 Å². The van der Waals surface area contributed by atoms with Crippen LogP contribution in [0, 0.1) is 0 Å². The summed E-state index contributed by atoms with van der Waals surface area (Å²) in [5.41, 5.74) is 7.18. The molecule has 0 amide bonds. The fraction of sp³-hybridized carbons (Fsp3) is 0.167. The van der Waals surface area contributed by atoms with Gasteiger partial charge in [-0.3, -0.25) is 0 Å². The number of hydrogen-bond acceptors (Lipinski definition) is 6. The second kappa shape index (κ2) is 6.27. The van der Waals surface area contributed by atoms with Gasteiger partial charge in [0.05, 0.1) is 7.11 Å². The molecule has 2 rings (SSSR count). The van der Waals surface area contributed by atoms with Crippen molar-refractivity contribution in [3.8, 4) is 0 Å². The lowest BCUT2D eigenvalue weighted by Crippen LogP contribution is -2.04. The van der Waals surface area contributed by atoms with Crippen molar-refractivity contribution in [1.82, 2.24) is 4.37 Å². The summed E-state index contributed by atoms with van der Waals surface area (Å²) in [7, 11) is 1.33. The van der Waals surface area contributed by atoms with Gasteiger partial charge >= 0.3 is 5.97 Å². The Labute approximate surface area is 124 Å². The zero-order valence-electron chi connectivity index (χ0n) is 10.1. The smallest absolute Gasteiger partial charge is 0.343 e. The summed E-state index contributed by atoms with van der Waals surface area (Å²) in [5.74, 6) is 0.231. The Morgan fingerprint density at radius 1 is 1.47 bits per heavy atom. The van der Waals surface area contributed by atoms with Gasteiger partial charge < -0.3 is 10.5 Å². The van der Waals surface area contributed by atoms with Crippen LogP contribution in [0.3, 0.4) is 0 Å². The number of nitrogens with two attached hydrogens (primary N) is 1. The van der Waals surface area contributed by atoms with Crippen molar-refractivity contribution < 1.29 is 9.53 Å². The van der Waals surface area contributed by atoms with Crippen molar-refractivity contribution in [3.05, 3.63) is 40.4 Å². The monoisotopic (exact) mass is 314 g/mol. The SMILES string of the molecule is COC(=O)c1c(SCc2ccc(Cl)cc2)nsc1N. The molecule has 4 nitrogen and oxygen atoms in total. The molecule has 0 saturated carbocycles. The van der Waals surface area contributed by atoms with Crippen LogP contribution >= 0.6 is 34.9 Å². The molecule has 0 radical (unpaired) electrons. The van der Waals surface area contributed by atoms with Crippen molar-refractivity contribution in [2.24, 2.45) is 0 Å². The van der Waals surface area contributed by atoms with Crippen LogP contribution in [0.5, 0.6) is 0 Å². The van der Waals surface area contributed by atoms with Crippen LogP contribution < -0.4 is 5.73 Å². The van der Waals surface area contributed by atoms with Gasteiger partial charge in [-0.1, -0.05) is 35.5 Å². The molecule has 0 spiro atoms. The quantitative estimate of drug-likeness (QED) is 0.691. The van der Waals surface area contributed by atoms with E-state index in [1.807, 2.05) is 24.3 Å². The van der Waals surface area contributed by atoms with Gasteiger partial charge in [-0.2, -0.15) is 4.37 Å². The standard InChI is InChI=1S/C12H11ClN2O2S2/c1-17-12(16)9-10(14)19-15-11(9)18-6-7-2-4-8(13)5-3-7/h2-5H,6,14H2,1H3. The molecular formula is C12H11ClN2O2S2. The minimum atomic E-state index is -0.454. The van der Waals surface area contributed by atoms with E-state index in [0.29, 0.717) is 26.4 Å². The molecule has 1 aromatic heterocycles. The number of hydrogen-bond donors (Lipinski definition) is 1. The van der Waals surface area contributed by atoms with Crippen LogP contribution in [-0.2, 0) is 10.5 Å². The maximum atomic E-state index is 11.6. The summed E-state index contributed by atoms with van der Waals surface area (Å²) in [4.78, 5) is 11.6. The Hall–Kier alpha value is -1.24. The Bertz CT molecular complexity index is 584. The van der Waals surface area contributed by atoms with Gasteiger partial charge in [-0.15, -0.1) is 0 Å². The van der Waals surface area contributed by atoms with E-state index in [0.717, 1.165) is 17.1 Å². The third kappa shape index (κ3) is 3.40. The summed E-state index contributed by atoms with van der Waals surface area (Å²) in [6.07, 6.45) is 0. The topological polar surface area (TPSA) is 65.2 Å². The summed E-state index contributed by atoms with van der Waals surface area (Å²) < 4.78 is 8.87. The van der Waals surface area contributed by atoms with Crippen molar-refractivity contribution in [2.75, 3.05) is 12.8 Å². The molecule has 2 aromatic rings. The van der Waals surface area contributed by atoms with E-state index in [2.05, 4.69) is 4.37 Å². The highest BCUT2D eigenvalue weighted by atomic mass is 35.5. The second-order valence-corrected chi connectivity index (χ2v) is 5.84. The third-order valence-electron chi connectivity index (χ3n) is 2.37. The van der Waals surface area contributed by atoms with Crippen LogP contribution in [0.2, 0.25) is 5.02 Å². The Morgan fingerprint density at radius 3 is 2.79 bits per heavy atom. The van der Waals surface area contributed by atoms with E-state index in [4.69, 9.17) is 22.1 Å². The average molecular weight is 315 g/mol. The minimum Gasteiger partial charge on any atom is -0.465 e. The second-order valence-electron chi connectivity index (χ2n) is 3.63. The van der Waals surface area contributed by atoms with E-state index >= 15 is 0 Å². The number of nitrogens with zero attached hydrogens (tertiary/aromatic N) is 1. The molecule has 0 saturated heterocycles. The third-order valence-corrected chi connectivity index (χ3v) is 4.45. The minimum absolute atomic E-state index is 0.353. The predicted octanol–water partition coefficient (Wildman–Crippen LogP) is 3.46. The van der Waals surface area contributed by atoms with Crippen molar-refractivity contribution >= 4 is 45.9 Å². The van der Waals surface area contributed by atoms with Gasteiger partial charge in [0.1, 0.15) is 15.6 Å². The molecule has 0 aliphatic heterocycles. The van der Waals surface area contributed by atoms with E-state index in [9.17, 15) is 4.79 Å². The summed E-state index contributed by atoms with van der Waals surface area (Å²) in [5, 5.41) is 1.68. The molecule has 0 atom stereocenters. The summed E-state index contributed by atoms with van der Waals surface area (Å²) >= 11 is 8.37. The molecule has 2 N–H and O–H groups in total. The fourth-order valence-electron chi connectivity index (χ4n) is 1.41. The molecule has 0 bridgehead atoms. The molecule has 1 heterocycles. The van der Waals surface area contributed by atoms with Crippen molar-refractivity contribution in [3.63, 3.8) is 0 Å². The van der Waals surface area contributed by atoms with E-state index in [-0.39, 0.29) is 0 Å². The molecule has 100 valence electrons. The Balaban J connectivity index is 2.11. The van der Waals surface area contributed by atoms with Gasteiger partial charge in [-0.25, -0.2) is 4.79 Å². The largest absolute Gasteiger partial charge is 0.465 e. The van der Waals surface area contributed by atoms with Crippen molar-refractivity contribution in [2.45, 2.75) is 10.8 Å². The molecule has 0 aliphatic carbocycles. The van der Waals surface area contributed by atoms with Crippen LogP contribution in [0.1, 0.15) is 15.9 Å². The molecule has 19 heavy (non-hydrogen) atoms. The molecule has 7 heteroatoms. The molecule has 0 unspecified atom stereocenters. The predicted molar refractivity (Wildman–Crippen MR) is 78.9 cm³/mol. The first-order chi connectivity index (χ1) is 9.11. The van der Waals surface area contributed by atoms with Crippen LogP contribution in [0.25, 0.3) is 0 Å². The first-order valence-electron chi connectivity index (χ1n) is 5.32. The van der Waals surface area contributed by atoms with Gasteiger partial charge in [0, 0.05) is 10.8 Å². The number of anilines is 1. The van der Waals surface area contributed by atoms with Gasteiger partial charge in [0.2, 0.25) is 0 Å². The number of carbonyl (C=O) groups excluding carboxylic acids is 1. The molecule has 0 fully saturated rings. The van der Waals surface area contributed by atoms with Gasteiger partial charge in [-0.05, 0) is 29.2 Å². The van der Waals surface area contributed by atoms with E-state index in [1.54, 1.807) is 0 Å². The van der Waals surface area contributed by atoms with Gasteiger partial charge in [0.25, 0.3) is 0 Å². The van der Waals surface area contributed by atoms with Crippen molar-refractivity contribution in [1.29, 1.82) is 0 Å². The highest BCUT2D eigenvalue weighted by Crippen LogP contribution is 2.32. The number of methoxy groups -OCH3 is 1. The number of thioether (sulfide) groups is 1. The Morgan fingerprint density at radius 2 is 2.16 bits per heavy atom. The number of carbonyl (C=O) groups is 1. The molecule has 1 aromatic carbocycles. The van der Waals surface area contributed by atoms with E-state index in [1.165, 1.54) is 18.9 Å². The van der Waals surface area contributed by atoms with Crippen LogP contribution in [-0.4, -0.2) is 17.5 Å². The normalized spacial score (nSPS) is 10.4. The Kier molecular flexibility index (Phi) is 4.68. The highest BCUT2D eigenvalue weighted by Gasteiger charge is 2.20. The lowest BCUT2D eigenvalue weighted by molar-refractivity contribution is 0.0598. The first-order valence-corrected chi connectivity index (χ1v) is 7.46. The number of nitrogen functional groups attached to an aromatic ring is 1. The van der Waals surface area contributed by atoms with E-state index < -0.39 is 5.97 Å². The first kappa shape index (κ1) is 14.2. The number of aromatic nitrogens is 1. The zero-order valence-corrected chi connectivity index (χ0v) is 12.4. The lowest BCUT2D eigenvalue weighted by atomic mass is 10.2. The average Bonchev–Trinajstić information content (AvgIpc) is 2.78. The zero-order chi connectivity index (χ0) is 13.8. The summed E-state index contributed by atoms with van der Waals surface area (Å²) in [6, 6.07) is 7.52. The number of ether oxygens (including phenoxy) is 1. The maximum absolute atomic E-state index is 11.6. The van der Waals surface area contributed by atoms with Crippen LogP contribution in [0.15, 0.2) is 29.3 Å². The number of rotatable bonds is 4. The summed E-state index contributed by atoms with van der Waals surface area (Å²) in [6.45, 7) is 0. The highest BCUT2D eigenvalue weighted by molar-refractivity contribution is 7.98. The lowest BCUT2D eigenvalue weighted by Gasteiger charge is -2.02. The number of halogens is 1.